The van der Waals surface area contributed by atoms with Crippen LogP contribution >= 0.6 is 0 Å². The van der Waals surface area contributed by atoms with Crippen molar-refractivity contribution in [3.8, 4) is 0 Å². The molecule has 0 aromatic heterocycles. The molecule has 15 heavy (non-hydrogen) atoms. The van der Waals surface area contributed by atoms with Crippen molar-refractivity contribution in [1.29, 1.82) is 0 Å². The molecule has 2 aromatic carbocycles. The van der Waals surface area contributed by atoms with Crippen molar-refractivity contribution in [2.45, 2.75) is 0 Å². The summed E-state index contributed by atoms with van der Waals surface area (Å²) in [5.74, 6) is -0.222. The Hall–Kier alpha value is -1.89. The zero-order valence-corrected chi connectivity index (χ0v) is 8.15. The minimum Gasteiger partial charge on any atom is -0.207 e. The quantitative estimate of drug-likeness (QED) is 0.644. The Kier molecular flexibility index (Phi) is 2.93. The zero-order valence-electron chi connectivity index (χ0n) is 8.15. The van der Waals surface area contributed by atoms with Crippen LogP contribution in [0.5, 0.6) is 0 Å². The molecule has 2 rings (SSSR count). The van der Waals surface area contributed by atoms with Crippen molar-refractivity contribution in [2.75, 3.05) is 0 Å². The van der Waals surface area contributed by atoms with Crippen LogP contribution in [-0.2, 0) is 0 Å². The second-order valence-electron chi connectivity index (χ2n) is 3.21. The van der Waals surface area contributed by atoms with Crippen molar-refractivity contribution >= 4 is 6.08 Å². The minimum atomic E-state index is -0.222. The second-order valence-corrected chi connectivity index (χ2v) is 3.21. The van der Waals surface area contributed by atoms with Gasteiger partial charge >= 0.3 is 0 Å². The highest BCUT2D eigenvalue weighted by molar-refractivity contribution is 5.50. The highest BCUT2D eigenvalue weighted by atomic mass is 19.1. The summed E-state index contributed by atoms with van der Waals surface area (Å²) in [6.45, 7) is 0. The maximum absolute atomic E-state index is 12.6. The van der Waals surface area contributed by atoms with E-state index in [0.29, 0.717) is 0 Å². The van der Waals surface area contributed by atoms with Crippen LogP contribution in [0.15, 0.2) is 54.6 Å². The van der Waals surface area contributed by atoms with Gasteiger partial charge in [0.1, 0.15) is 5.82 Å². The van der Waals surface area contributed by atoms with Crippen LogP contribution in [0.2, 0.25) is 0 Å². The van der Waals surface area contributed by atoms with Crippen LogP contribution in [0.25, 0.3) is 6.08 Å². The summed E-state index contributed by atoms with van der Waals surface area (Å²) in [6.07, 6.45) is 4.98. The van der Waals surface area contributed by atoms with E-state index in [4.69, 9.17) is 0 Å². The highest BCUT2D eigenvalue weighted by Gasteiger charge is 1.89. The third kappa shape index (κ3) is 2.78. The predicted molar refractivity (Wildman–Crippen MR) is 59.7 cm³/mol. The average Bonchev–Trinajstić information content (AvgIpc) is 2.30. The van der Waals surface area contributed by atoms with Crippen LogP contribution in [0.3, 0.4) is 0 Å². The molecule has 0 amide bonds. The van der Waals surface area contributed by atoms with E-state index in [2.05, 4.69) is 6.08 Å². The van der Waals surface area contributed by atoms with Gasteiger partial charge < -0.3 is 0 Å². The Morgan fingerprint density at radius 3 is 2.20 bits per heavy atom. The first-order valence-electron chi connectivity index (χ1n) is 4.75. The smallest absolute Gasteiger partial charge is 0.123 e. The fourth-order valence-electron chi connectivity index (χ4n) is 1.26. The zero-order chi connectivity index (χ0) is 10.5. The minimum absolute atomic E-state index is 0.222. The summed E-state index contributed by atoms with van der Waals surface area (Å²) in [5.41, 5.74) is 1.96. The molecular weight excluding hydrogens is 187 g/mol. The average molecular weight is 197 g/mol. The molecule has 0 aliphatic heterocycles. The van der Waals surface area contributed by atoms with Gasteiger partial charge in [-0.05, 0) is 35.4 Å². The van der Waals surface area contributed by atoms with Gasteiger partial charge in [-0.2, -0.15) is 0 Å². The highest BCUT2D eigenvalue weighted by Crippen LogP contribution is 2.06. The van der Waals surface area contributed by atoms with E-state index in [-0.39, 0.29) is 5.82 Å². The van der Waals surface area contributed by atoms with E-state index >= 15 is 0 Å². The van der Waals surface area contributed by atoms with Crippen molar-refractivity contribution in [3.63, 3.8) is 0 Å². The third-order valence-corrected chi connectivity index (χ3v) is 2.05. The lowest BCUT2D eigenvalue weighted by Gasteiger charge is -1.93. The predicted octanol–water partition coefficient (Wildman–Crippen LogP) is 3.69. The lowest BCUT2D eigenvalue weighted by Crippen LogP contribution is -1.76. The Balaban J connectivity index is 2.15. The molecule has 1 heteroatoms. The third-order valence-electron chi connectivity index (χ3n) is 2.05. The Morgan fingerprint density at radius 2 is 1.53 bits per heavy atom. The molecule has 0 N–H and O–H groups in total. The molecule has 73 valence electrons. The summed E-state index contributed by atoms with van der Waals surface area (Å²) >= 11 is 0. The van der Waals surface area contributed by atoms with Gasteiger partial charge in [-0.1, -0.05) is 42.5 Å². The lowest BCUT2D eigenvalue weighted by molar-refractivity contribution is 0.627. The van der Waals surface area contributed by atoms with E-state index in [9.17, 15) is 4.39 Å². The summed E-state index contributed by atoms with van der Waals surface area (Å²) in [6, 6.07) is 16.2. The van der Waals surface area contributed by atoms with Crippen LogP contribution in [0.4, 0.5) is 4.39 Å². The molecule has 0 aliphatic carbocycles. The number of rotatable bonds is 2. The molecule has 0 spiro atoms. The Morgan fingerprint density at radius 1 is 0.867 bits per heavy atom. The summed E-state index contributed by atoms with van der Waals surface area (Å²) in [4.78, 5) is 0. The first-order valence-corrected chi connectivity index (χ1v) is 4.75. The van der Waals surface area contributed by atoms with E-state index in [0.717, 1.165) is 11.1 Å². The van der Waals surface area contributed by atoms with E-state index in [1.54, 1.807) is 12.1 Å². The van der Waals surface area contributed by atoms with Gasteiger partial charge in [0.2, 0.25) is 0 Å². The van der Waals surface area contributed by atoms with Crippen molar-refractivity contribution in [1.82, 2.24) is 0 Å². The van der Waals surface area contributed by atoms with E-state index in [1.165, 1.54) is 12.1 Å². The van der Waals surface area contributed by atoms with Gasteiger partial charge in [0.15, 0.2) is 0 Å². The Bertz CT molecular complexity index is 441. The number of benzene rings is 2. The van der Waals surface area contributed by atoms with Crippen LogP contribution < -0.4 is 0 Å². The SMILES string of the molecule is Fc1ccc([C]=Cc2ccccc2)cc1. The Labute approximate surface area is 88.7 Å². The standard InChI is InChI=1S/C14H10F/c15-14-10-8-13(9-11-14)7-6-12-4-2-1-3-5-12/h1-6,8-11H. The molecular formula is C14H10F. The maximum Gasteiger partial charge on any atom is 0.123 e. The number of hydrogen-bond donors (Lipinski definition) is 0. The molecule has 0 atom stereocenters. The second kappa shape index (κ2) is 4.56. The van der Waals surface area contributed by atoms with Crippen LogP contribution in [0, 0.1) is 11.9 Å². The van der Waals surface area contributed by atoms with Gasteiger partial charge in [-0.3, -0.25) is 0 Å². The van der Waals surface area contributed by atoms with Gasteiger partial charge in [-0.15, -0.1) is 0 Å². The molecule has 0 fully saturated rings. The molecule has 0 bridgehead atoms. The van der Waals surface area contributed by atoms with Gasteiger partial charge in [-0.25, -0.2) is 4.39 Å². The lowest BCUT2D eigenvalue weighted by atomic mass is 10.1. The normalized spacial score (nSPS) is 10.7. The van der Waals surface area contributed by atoms with Crippen molar-refractivity contribution < 1.29 is 4.39 Å². The summed E-state index contributed by atoms with van der Waals surface area (Å²) < 4.78 is 12.6. The fraction of sp³-hybridized carbons (Fsp3) is 0. The molecule has 1 radical (unpaired) electrons. The monoisotopic (exact) mass is 197 g/mol. The number of hydrogen-bond acceptors (Lipinski definition) is 0. The fourth-order valence-corrected chi connectivity index (χ4v) is 1.26. The molecule has 0 saturated carbocycles. The topological polar surface area (TPSA) is 0 Å². The number of halogens is 1. The van der Waals surface area contributed by atoms with Crippen molar-refractivity contribution in [3.05, 3.63) is 77.6 Å². The molecule has 0 saturated heterocycles. The van der Waals surface area contributed by atoms with Gasteiger partial charge in [0.25, 0.3) is 0 Å². The van der Waals surface area contributed by atoms with Crippen molar-refractivity contribution in [2.24, 2.45) is 0 Å². The van der Waals surface area contributed by atoms with E-state index < -0.39 is 0 Å². The van der Waals surface area contributed by atoms with Crippen LogP contribution in [0.1, 0.15) is 11.1 Å². The van der Waals surface area contributed by atoms with Crippen LogP contribution in [-0.4, -0.2) is 0 Å². The first kappa shape index (κ1) is 9.66. The summed E-state index contributed by atoms with van der Waals surface area (Å²) in [5, 5.41) is 0. The molecule has 0 unspecified atom stereocenters. The first-order chi connectivity index (χ1) is 7.34. The van der Waals surface area contributed by atoms with Gasteiger partial charge in [0, 0.05) is 0 Å². The molecule has 2 aromatic rings. The molecule has 0 heterocycles. The van der Waals surface area contributed by atoms with Gasteiger partial charge in [0.05, 0.1) is 0 Å². The van der Waals surface area contributed by atoms with E-state index in [1.807, 2.05) is 36.4 Å². The maximum atomic E-state index is 12.6. The molecule has 0 aliphatic rings. The molecule has 0 nitrogen and oxygen atoms in total. The summed E-state index contributed by atoms with van der Waals surface area (Å²) in [7, 11) is 0. The largest absolute Gasteiger partial charge is 0.207 e.